The van der Waals surface area contributed by atoms with E-state index in [4.69, 9.17) is 19.7 Å². The minimum Gasteiger partial charge on any atom is -0.378 e. The van der Waals surface area contributed by atoms with Gasteiger partial charge >= 0.3 is 0 Å². The van der Waals surface area contributed by atoms with E-state index < -0.39 is 0 Å². The topological polar surface area (TPSA) is 73.9 Å². The second-order valence-electron chi connectivity index (χ2n) is 7.09. The highest BCUT2D eigenvalue weighted by Crippen LogP contribution is 2.36. The van der Waals surface area contributed by atoms with Crippen LogP contribution in [0.4, 0.5) is 5.82 Å². The molecule has 2 fully saturated rings. The Balaban J connectivity index is 1.64. The monoisotopic (exact) mass is 431 g/mol. The van der Waals surface area contributed by atoms with Crippen molar-refractivity contribution in [1.29, 1.82) is 0 Å². The van der Waals surface area contributed by atoms with Crippen LogP contribution in [0.25, 0.3) is 17.1 Å². The van der Waals surface area contributed by atoms with Crippen molar-refractivity contribution in [3.05, 3.63) is 22.7 Å². The van der Waals surface area contributed by atoms with Gasteiger partial charge in [-0.2, -0.15) is 15.1 Å². The van der Waals surface area contributed by atoms with Gasteiger partial charge in [0.25, 0.3) is 5.95 Å². The summed E-state index contributed by atoms with van der Waals surface area (Å²) >= 11 is 3.57. The van der Waals surface area contributed by atoms with Gasteiger partial charge in [-0.05, 0) is 47.2 Å². The van der Waals surface area contributed by atoms with Crippen LogP contribution >= 0.6 is 15.9 Å². The van der Waals surface area contributed by atoms with Crippen molar-refractivity contribution in [2.24, 2.45) is 0 Å². The average molecular weight is 432 g/mol. The summed E-state index contributed by atoms with van der Waals surface area (Å²) in [7, 11) is 0. The van der Waals surface area contributed by atoms with Gasteiger partial charge in [0.1, 0.15) is 0 Å². The number of ether oxygens (including phenoxy) is 1. The van der Waals surface area contributed by atoms with Gasteiger partial charge in [-0.25, -0.2) is 9.67 Å². The van der Waals surface area contributed by atoms with E-state index in [0.717, 1.165) is 41.3 Å². The van der Waals surface area contributed by atoms with Gasteiger partial charge in [-0.15, -0.1) is 0 Å². The molecule has 1 saturated carbocycles. The molecule has 0 bridgehead atoms. The summed E-state index contributed by atoms with van der Waals surface area (Å²) in [4.78, 5) is 16.6. The zero-order chi connectivity index (χ0) is 18.4. The molecular formula is C18H22BrN7O. The third-order valence-corrected chi connectivity index (χ3v) is 6.13. The van der Waals surface area contributed by atoms with E-state index in [1.807, 2.05) is 6.20 Å². The molecule has 142 valence electrons. The molecule has 3 aromatic heterocycles. The highest BCUT2D eigenvalue weighted by molar-refractivity contribution is 9.10. The Morgan fingerprint density at radius 2 is 2.00 bits per heavy atom. The van der Waals surface area contributed by atoms with E-state index in [-0.39, 0.29) is 0 Å². The highest BCUT2D eigenvalue weighted by atomic mass is 79.9. The van der Waals surface area contributed by atoms with E-state index in [2.05, 4.69) is 43.6 Å². The van der Waals surface area contributed by atoms with Crippen molar-refractivity contribution in [2.45, 2.75) is 38.6 Å². The van der Waals surface area contributed by atoms with Gasteiger partial charge < -0.3 is 14.2 Å². The molecular weight excluding hydrogens is 410 g/mol. The summed E-state index contributed by atoms with van der Waals surface area (Å²) < 4.78 is 10.1. The maximum Gasteiger partial charge on any atom is 0.254 e. The highest BCUT2D eigenvalue weighted by Gasteiger charge is 2.24. The van der Waals surface area contributed by atoms with Crippen LogP contribution in [0.1, 0.15) is 37.7 Å². The van der Waals surface area contributed by atoms with Gasteiger partial charge in [0.05, 0.1) is 19.4 Å². The number of imidazole rings is 1. The van der Waals surface area contributed by atoms with Gasteiger partial charge in [0, 0.05) is 25.8 Å². The molecule has 1 saturated heterocycles. The van der Waals surface area contributed by atoms with Crippen LogP contribution in [0.3, 0.4) is 0 Å². The predicted molar refractivity (Wildman–Crippen MR) is 105 cm³/mol. The number of aryl methyl sites for hydroxylation is 1. The molecule has 0 aromatic carbocycles. The molecule has 8 nitrogen and oxygen atoms in total. The lowest BCUT2D eigenvalue weighted by atomic mass is 9.81. The Bertz CT molecular complexity index is 972. The van der Waals surface area contributed by atoms with Crippen LogP contribution in [0.2, 0.25) is 0 Å². The average Bonchev–Trinajstić information content (AvgIpc) is 3.24. The number of anilines is 1. The Hall–Kier alpha value is -2.00. The zero-order valence-electron chi connectivity index (χ0n) is 15.3. The number of morpholine rings is 1. The number of nitrogens with zero attached hydrogens (tertiary/aromatic N) is 7. The first-order valence-electron chi connectivity index (χ1n) is 9.56. The first-order chi connectivity index (χ1) is 13.2. The summed E-state index contributed by atoms with van der Waals surface area (Å²) in [6, 6.07) is 0. The first-order valence-corrected chi connectivity index (χ1v) is 10.4. The lowest BCUT2D eigenvalue weighted by Gasteiger charge is -2.28. The molecule has 0 spiro atoms. The molecule has 0 unspecified atom stereocenters. The fourth-order valence-corrected chi connectivity index (χ4v) is 4.32. The van der Waals surface area contributed by atoms with Crippen molar-refractivity contribution in [1.82, 2.24) is 29.3 Å². The summed E-state index contributed by atoms with van der Waals surface area (Å²) in [6.07, 6.45) is 7.85. The molecule has 0 amide bonds. The van der Waals surface area contributed by atoms with Gasteiger partial charge in [0.15, 0.2) is 21.7 Å². The summed E-state index contributed by atoms with van der Waals surface area (Å²) in [6.45, 7) is 5.87. The van der Waals surface area contributed by atoms with Crippen LogP contribution in [0.5, 0.6) is 0 Å². The fraction of sp³-hybridized carbons (Fsp3) is 0.556. The second kappa shape index (κ2) is 6.87. The standard InChI is InChI=1S/C18H22BrN7O/c1-2-25-16-14(21-17(25)19)15(24-6-8-27-9-7-24)22-18(23-16)26-11-13(10-20-26)12-4-3-5-12/h10-12H,2-9H2,1H3. The lowest BCUT2D eigenvalue weighted by Crippen LogP contribution is -2.37. The number of fused-ring (bicyclic) bond motifs is 1. The van der Waals surface area contributed by atoms with Gasteiger partial charge in [0.2, 0.25) is 0 Å². The number of hydrogen-bond acceptors (Lipinski definition) is 6. The third kappa shape index (κ3) is 2.93. The minimum absolute atomic E-state index is 0.594. The van der Waals surface area contributed by atoms with Crippen LogP contribution < -0.4 is 4.90 Å². The molecule has 9 heteroatoms. The van der Waals surface area contributed by atoms with Crippen molar-refractivity contribution in [3.8, 4) is 5.95 Å². The summed E-state index contributed by atoms with van der Waals surface area (Å²) in [5.41, 5.74) is 2.93. The Labute approximate surface area is 165 Å². The fourth-order valence-electron chi connectivity index (χ4n) is 3.73. The van der Waals surface area contributed by atoms with Crippen molar-refractivity contribution in [3.63, 3.8) is 0 Å². The number of aromatic nitrogens is 6. The molecule has 0 atom stereocenters. The molecule has 3 aromatic rings. The third-order valence-electron chi connectivity index (χ3n) is 5.53. The number of halogens is 1. The van der Waals surface area contributed by atoms with Crippen LogP contribution in [0.15, 0.2) is 17.1 Å². The molecule has 4 heterocycles. The normalized spacial score (nSPS) is 18.2. The summed E-state index contributed by atoms with van der Waals surface area (Å²) in [5.74, 6) is 2.08. The molecule has 5 rings (SSSR count). The van der Waals surface area contributed by atoms with E-state index in [1.54, 1.807) is 4.68 Å². The van der Waals surface area contributed by atoms with E-state index in [1.165, 1.54) is 24.8 Å². The smallest absolute Gasteiger partial charge is 0.254 e. The quantitative estimate of drug-likeness (QED) is 0.591. The van der Waals surface area contributed by atoms with E-state index in [0.29, 0.717) is 25.1 Å². The predicted octanol–water partition coefficient (Wildman–Crippen LogP) is 2.90. The number of hydrogen-bond donors (Lipinski definition) is 0. The molecule has 27 heavy (non-hydrogen) atoms. The summed E-state index contributed by atoms with van der Waals surface area (Å²) in [5, 5.41) is 4.55. The Morgan fingerprint density at radius 3 is 2.70 bits per heavy atom. The molecule has 0 radical (unpaired) electrons. The zero-order valence-corrected chi connectivity index (χ0v) is 16.9. The van der Waals surface area contributed by atoms with Crippen molar-refractivity contribution < 1.29 is 4.74 Å². The van der Waals surface area contributed by atoms with Crippen molar-refractivity contribution >= 4 is 32.9 Å². The van der Waals surface area contributed by atoms with Crippen LogP contribution in [-0.4, -0.2) is 55.6 Å². The van der Waals surface area contributed by atoms with Gasteiger partial charge in [-0.3, -0.25) is 0 Å². The Kier molecular flexibility index (Phi) is 4.35. The number of rotatable bonds is 4. The second-order valence-corrected chi connectivity index (χ2v) is 7.80. The molecule has 1 aliphatic heterocycles. The largest absolute Gasteiger partial charge is 0.378 e. The molecule has 2 aliphatic rings. The van der Waals surface area contributed by atoms with Crippen LogP contribution in [-0.2, 0) is 11.3 Å². The first kappa shape index (κ1) is 17.1. The molecule has 0 N–H and O–H groups in total. The van der Waals surface area contributed by atoms with Crippen molar-refractivity contribution in [2.75, 3.05) is 31.2 Å². The van der Waals surface area contributed by atoms with E-state index >= 15 is 0 Å². The van der Waals surface area contributed by atoms with Crippen LogP contribution in [0, 0.1) is 0 Å². The minimum atomic E-state index is 0.594. The maximum absolute atomic E-state index is 5.51. The SMILES string of the molecule is CCn1c(Br)nc2c(N3CCOCC3)nc(-n3cc(C4CCC4)cn3)nc21. The Morgan fingerprint density at radius 1 is 1.19 bits per heavy atom. The maximum atomic E-state index is 5.51. The van der Waals surface area contributed by atoms with Gasteiger partial charge in [-0.1, -0.05) is 6.42 Å². The van der Waals surface area contributed by atoms with E-state index in [9.17, 15) is 0 Å². The molecule has 1 aliphatic carbocycles. The lowest BCUT2D eigenvalue weighted by molar-refractivity contribution is 0.122.